The summed E-state index contributed by atoms with van der Waals surface area (Å²) in [5.41, 5.74) is 1.07. The molecule has 7 heteroatoms. The Morgan fingerprint density at radius 2 is 1.85 bits per heavy atom. The van der Waals surface area contributed by atoms with Gasteiger partial charge in [-0.3, -0.25) is 4.79 Å². The lowest BCUT2D eigenvalue weighted by molar-refractivity contribution is 0.304. The van der Waals surface area contributed by atoms with Crippen molar-refractivity contribution >= 4 is 23.1 Å². The fourth-order valence-corrected chi connectivity index (χ4v) is 8.21. The van der Waals surface area contributed by atoms with Crippen LogP contribution in [0, 0.1) is 17.8 Å². The normalized spacial score (nSPS) is 31.5. The van der Waals surface area contributed by atoms with E-state index in [0.29, 0.717) is 28.6 Å². The number of hydrogen-bond donors (Lipinski definition) is 2. The maximum absolute atomic E-state index is 12.1. The predicted molar refractivity (Wildman–Crippen MR) is 102 cm³/mol. The summed E-state index contributed by atoms with van der Waals surface area (Å²) in [5, 5.41) is 11.9. The molecule has 3 aliphatic rings. The molecule has 1 aliphatic heterocycles. The molecule has 2 heterocycles. The molecule has 138 valence electrons. The zero-order chi connectivity index (χ0) is 18.0. The van der Waals surface area contributed by atoms with Gasteiger partial charge in [0.2, 0.25) is 5.75 Å². The lowest BCUT2D eigenvalue weighted by atomic mass is 9.75. The summed E-state index contributed by atoms with van der Waals surface area (Å²) in [6.07, 6.45) is 3.88. The summed E-state index contributed by atoms with van der Waals surface area (Å²) in [6.45, 7) is 0. The third kappa shape index (κ3) is 2.26. The number of aromatic nitrogens is 1. The van der Waals surface area contributed by atoms with Gasteiger partial charge in [-0.05, 0) is 54.7 Å². The van der Waals surface area contributed by atoms with Crippen LogP contribution < -0.4 is 14.3 Å². The second-order valence-electron chi connectivity index (χ2n) is 7.45. The number of ether oxygens (including phenoxy) is 2. The van der Waals surface area contributed by atoms with Crippen LogP contribution in [0.4, 0.5) is 0 Å². The lowest BCUT2D eigenvalue weighted by Gasteiger charge is -2.40. The Kier molecular flexibility index (Phi) is 3.79. The van der Waals surface area contributed by atoms with Crippen molar-refractivity contribution in [2.24, 2.45) is 17.8 Å². The first-order valence-corrected chi connectivity index (χ1v) is 10.6. The lowest BCUT2D eigenvalue weighted by Crippen LogP contribution is -2.33. The molecule has 0 spiro atoms. The number of H-pyrrole nitrogens is 1. The third-order valence-corrected chi connectivity index (χ3v) is 8.95. The summed E-state index contributed by atoms with van der Waals surface area (Å²) in [4.78, 5) is 16.3. The molecule has 2 fully saturated rings. The van der Waals surface area contributed by atoms with Gasteiger partial charge in [-0.15, -0.1) is 11.8 Å². The molecule has 5 atom stereocenters. The zero-order valence-corrected chi connectivity index (χ0v) is 16.3. The van der Waals surface area contributed by atoms with Gasteiger partial charge in [0, 0.05) is 16.0 Å². The largest absolute Gasteiger partial charge is 0.502 e. The number of nitrogens with one attached hydrogen (secondary N) is 1. The van der Waals surface area contributed by atoms with Crippen molar-refractivity contribution in [3.63, 3.8) is 0 Å². The second-order valence-corrected chi connectivity index (χ2v) is 9.66. The molecular formula is C19H21NO4S2. The Balaban J connectivity index is 1.70. The Morgan fingerprint density at radius 1 is 1.15 bits per heavy atom. The number of thiazole rings is 1. The van der Waals surface area contributed by atoms with Crippen LogP contribution in [0.25, 0.3) is 0 Å². The van der Waals surface area contributed by atoms with E-state index in [9.17, 15) is 9.90 Å². The molecular weight excluding hydrogens is 370 g/mol. The average Bonchev–Trinajstić information content (AvgIpc) is 3.33. The number of aromatic amines is 1. The van der Waals surface area contributed by atoms with Gasteiger partial charge >= 0.3 is 4.87 Å². The van der Waals surface area contributed by atoms with Crippen molar-refractivity contribution in [2.75, 3.05) is 14.2 Å². The Labute approximate surface area is 159 Å². The van der Waals surface area contributed by atoms with Crippen LogP contribution >= 0.6 is 23.1 Å². The molecule has 1 aromatic heterocycles. The number of methoxy groups -OCH3 is 2. The number of benzene rings is 1. The number of thioether (sulfide) groups is 1. The van der Waals surface area contributed by atoms with Crippen LogP contribution in [0.3, 0.4) is 0 Å². The van der Waals surface area contributed by atoms with Crippen LogP contribution in [0.2, 0.25) is 0 Å². The summed E-state index contributed by atoms with van der Waals surface area (Å²) in [5.74, 6) is 2.99. The molecule has 5 nitrogen and oxygen atoms in total. The molecule has 2 N–H and O–H groups in total. The fourth-order valence-electron chi connectivity index (χ4n) is 5.32. The molecule has 0 radical (unpaired) electrons. The molecule has 0 unspecified atom stereocenters. The van der Waals surface area contributed by atoms with E-state index in [1.54, 1.807) is 14.2 Å². The molecule has 5 rings (SSSR count). The maximum Gasteiger partial charge on any atom is 0.305 e. The van der Waals surface area contributed by atoms with Gasteiger partial charge in [-0.2, -0.15) is 0 Å². The number of hydrogen-bond acceptors (Lipinski definition) is 6. The molecule has 2 bridgehead atoms. The standard InChI is InChI=1S/C19H21NO4S2/c1-23-11-6-10(7-12(24-2)15(11)21)14-13-8-3-4-9(5-8)16(13)25-18-17(14)26-19(22)20-18/h6-9,13-14,16,21H,3-5H2,1-2H3,(H,20,22)/t8-,9-,13-,14+,16+/m1/s1. The smallest absolute Gasteiger partial charge is 0.305 e. The highest BCUT2D eigenvalue weighted by Crippen LogP contribution is 2.64. The highest BCUT2D eigenvalue weighted by molar-refractivity contribution is 8.00. The monoisotopic (exact) mass is 391 g/mol. The number of phenols is 1. The van der Waals surface area contributed by atoms with Crippen molar-refractivity contribution in [1.29, 1.82) is 0 Å². The summed E-state index contributed by atoms with van der Waals surface area (Å²) >= 11 is 3.20. The van der Waals surface area contributed by atoms with Crippen LogP contribution in [-0.2, 0) is 0 Å². The van der Waals surface area contributed by atoms with E-state index < -0.39 is 0 Å². The number of fused-ring (bicyclic) bond motifs is 6. The quantitative estimate of drug-likeness (QED) is 0.832. The minimum atomic E-state index is 0.0116. The van der Waals surface area contributed by atoms with Gasteiger partial charge in [0.15, 0.2) is 11.5 Å². The van der Waals surface area contributed by atoms with Gasteiger partial charge in [0.1, 0.15) is 0 Å². The second kappa shape index (κ2) is 5.96. The van der Waals surface area contributed by atoms with Crippen molar-refractivity contribution in [2.45, 2.75) is 35.5 Å². The zero-order valence-electron chi connectivity index (χ0n) is 14.7. The fraction of sp³-hybridized carbons (Fsp3) is 0.526. The summed E-state index contributed by atoms with van der Waals surface area (Å²) in [6, 6.07) is 3.82. The highest BCUT2D eigenvalue weighted by atomic mass is 32.2. The van der Waals surface area contributed by atoms with Crippen LogP contribution in [0.15, 0.2) is 22.0 Å². The van der Waals surface area contributed by atoms with Crippen molar-refractivity contribution in [3.05, 3.63) is 32.2 Å². The Bertz CT molecular complexity index is 895. The third-order valence-electron chi connectivity index (χ3n) is 6.33. The molecule has 2 saturated carbocycles. The van der Waals surface area contributed by atoms with Crippen molar-refractivity contribution in [1.82, 2.24) is 4.98 Å². The molecule has 2 aromatic rings. The van der Waals surface area contributed by atoms with E-state index in [1.165, 1.54) is 30.6 Å². The molecule has 2 aliphatic carbocycles. The van der Waals surface area contributed by atoms with E-state index >= 15 is 0 Å². The molecule has 0 amide bonds. The van der Waals surface area contributed by atoms with Crippen molar-refractivity contribution < 1.29 is 14.6 Å². The first-order valence-electron chi connectivity index (χ1n) is 8.95. The first-order chi connectivity index (χ1) is 12.6. The van der Waals surface area contributed by atoms with Gasteiger partial charge < -0.3 is 19.6 Å². The Morgan fingerprint density at radius 3 is 2.54 bits per heavy atom. The summed E-state index contributed by atoms with van der Waals surface area (Å²) < 4.78 is 10.8. The summed E-state index contributed by atoms with van der Waals surface area (Å²) in [7, 11) is 3.10. The van der Waals surface area contributed by atoms with E-state index in [1.807, 2.05) is 23.9 Å². The topological polar surface area (TPSA) is 71.6 Å². The molecule has 0 saturated heterocycles. The molecule has 26 heavy (non-hydrogen) atoms. The van der Waals surface area contributed by atoms with Gasteiger partial charge in [-0.25, -0.2) is 0 Å². The number of rotatable bonds is 3. The first kappa shape index (κ1) is 16.6. The predicted octanol–water partition coefficient (Wildman–Crippen LogP) is 3.81. The van der Waals surface area contributed by atoms with E-state index in [2.05, 4.69) is 4.98 Å². The van der Waals surface area contributed by atoms with Gasteiger partial charge in [0.05, 0.1) is 19.2 Å². The van der Waals surface area contributed by atoms with Crippen molar-refractivity contribution in [3.8, 4) is 17.2 Å². The number of phenolic OH excluding ortho intramolecular Hbond substituents is 1. The maximum atomic E-state index is 12.1. The minimum absolute atomic E-state index is 0.0116. The average molecular weight is 392 g/mol. The molecule has 1 aromatic carbocycles. The van der Waals surface area contributed by atoms with E-state index in [4.69, 9.17) is 9.47 Å². The van der Waals surface area contributed by atoms with Crippen LogP contribution in [-0.4, -0.2) is 29.6 Å². The SMILES string of the molecule is COc1cc([C@@H]2c3sc(=O)[nH]c3S[C@H]3[C@@H]4CC[C@H](C4)[C@H]23)cc(OC)c1O. The van der Waals surface area contributed by atoms with E-state index in [0.717, 1.165) is 21.4 Å². The van der Waals surface area contributed by atoms with E-state index in [-0.39, 0.29) is 16.5 Å². The highest BCUT2D eigenvalue weighted by Gasteiger charge is 2.54. The van der Waals surface area contributed by atoms with Crippen LogP contribution in [0.1, 0.15) is 35.6 Å². The van der Waals surface area contributed by atoms with Gasteiger partial charge in [0.25, 0.3) is 0 Å². The van der Waals surface area contributed by atoms with Gasteiger partial charge in [-0.1, -0.05) is 11.3 Å². The number of aromatic hydroxyl groups is 1. The Hall–Kier alpha value is -1.60. The minimum Gasteiger partial charge on any atom is -0.502 e. The van der Waals surface area contributed by atoms with Crippen LogP contribution in [0.5, 0.6) is 17.2 Å².